The van der Waals surface area contributed by atoms with Crippen LogP contribution in [0.2, 0.25) is 0 Å². The van der Waals surface area contributed by atoms with Gasteiger partial charge in [-0.3, -0.25) is 0 Å². The Labute approximate surface area is 212 Å². The number of unbranched alkanes of at least 4 members (excludes halogenated alkanes) is 14. The first-order valence-electron chi connectivity index (χ1n) is 12.1. The van der Waals surface area contributed by atoms with Gasteiger partial charge in [0.1, 0.15) is 10.1 Å². The number of benzene rings is 1. The first-order chi connectivity index (χ1) is 14.5. The molecule has 0 spiro atoms. The molecule has 2 N–H and O–H groups in total. The summed E-state index contributed by atoms with van der Waals surface area (Å²) in [5, 5.41) is 6.64. The van der Waals surface area contributed by atoms with Gasteiger partial charge in [-0.05, 0) is 31.0 Å². The van der Waals surface area contributed by atoms with Gasteiger partial charge in [0.15, 0.2) is 0 Å². The SMILES string of the molecule is CCCCCCCCCCCCCCCCCC1Nc2ccc(S(=O)(=O)[O-])cc2N1.[Na+]. The molecule has 0 fully saturated rings. The number of fused-ring (bicyclic) bond motifs is 1. The van der Waals surface area contributed by atoms with Crippen molar-refractivity contribution >= 4 is 21.5 Å². The summed E-state index contributed by atoms with van der Waals surface area (Å²) < 4.78 is 33.4. The number of anilines is 2. The maximum Gasteiger partial charge on any atom is 1.00 e. The third-order valence-electron chi connectivity index (χ3n) is 6.04. The van der Waals surface area contributed by atoms with E-state index in [1.165, 1.54) is 102 Å². The van der Waals surface area contributed by atoms with E-state index in [9.17, 15) is 13.0 Å². The Hall–Kier alpha value is -0.270. The number of rotatable bonds is 17. The fourth-order valence-electron chi connectivity index (χ4n) is 4.20. The van der Waals surface area contributed by atoms with E-state index in [1.807, 2.05) is 0 Å². The second-order valence-electron chi connectivity index (χ2n) is 8.74. The zero-order valence-electron chi connectivity index (χ0n) is 19.8. The predicted molar refractivity (Wildman–Crippen MR) is 125 cm³/mol. The minimum Gasteiger partial charge on any atom is -0.744 e. The molecule has 31 heavy (non-hydrogen) atoms. The molecule has 1 aliphatic rings. The Kier molecular flexibility index (Phi) is 15.2. The van der Waals surface area contributed by atoms with Crippen LogP contribution in [0, 0.1) is 0 Å². The molecule has 1 aliphatic heterocycles. The van der Waals surface area contributed by atoms with Gasteiger partial charge in [0.05, 0.1) is 22.4 Å². The van der Waals surface area contributed by atoms with E-state index in [-0.39, 0.29) is 40.6 Å². The van der Waals surface area contributed by atoms with Crippen LogP contribution in [0.4, 0.5) is 11.4 Å². The minimum atomic E-state index is -4.40. The maximum absolute atomic E-state index is 11.1. The smallest absolute Gasteiger partial charge is 0.744 e. The van der Waals surface area contributed by atoms with Gasteiger partial charge in [0.2, 0.25) is 0 Å². The Bertz CT molecular complexity index is 713. The van der Waals surface area contributed by atoms with Crippen molar-refractivity contribution in [2.24, 2.45) is 0 Å². The summed E-state index contributed by atoms with van der Waals surface area (Å²) in [6, 6.07) is 4.46. The Morgan fingerprint density at radius 1 is 0.742 bits per heavy atom. The van der Waals surface area contributed by atoms with Crippen LogP contribution in [0.15, 0.2) is 23.1 Å². The molecular weight excluding hydrogens is 419 g/mol. The summed E-state index contributed by atoms with van der Waals surface area (Å²) in [7, 11) is -4.40. The average Bonchev–Trinajstić information content (AvgIpc) is 3.12. The van der Waals surface area contributed by atoms with Crippen molar-refractivity contribution in [2.75, 3.05) is 10.6 Å². The average molecular weight is 461 g/mol. The van der Waals surface area contributed by atoms with Gasteiger partial charge in [-0.2, -0.15) is 0 Å². The zero-order chi connectivity index (χ0) is 21.7. The van der Waals surface area contributed by atoms with Gasteiger partial charge in [0, 0.05) is 0 Å². The van der Waals surface area contributed by atoms with Crippen LogP contribution in [-0.2, 0) is 10.1 Å². The van der Waals surface area contributed by atoms with Crippen molar-refractivity contribution < 1.29 is 42.5 Å². The Morgan fingerprint density at radius 2 is 1.19 bits per heavy atom. The summed E-state index contributed by atoms with van der Waals surface area (Å²) in [6.07, 6.45) is 21.5. The molecular formula is C24H41N2NaO3S. The van der Waals surface area contributed by atoms with Crippen molar-refractivity contribution in [3.05, 3.63) is 18.2 Å². The molecule has 1 aromatic rings. The molecule has 1 unspecified atom stereocenters. The van der Waals surface area contributed by atoms with Crippen LogP contribution >= 0.6 is 0 Å². The van der Waals surface area contributed by atoms with Crippen LogP contribution in [0.1, 0.15) is 110 Å². The minimum absolute atomic E-state index is 0. The van der Waals surface area contributed by atoms with E-state index in [2.05, 4.69) is 17.6 Å². The number of hydrogen-bond acceptors (Lipinski definition) is 5. The van der Waals surface area contributed by atoms with Crippen LogP contribution < -0.4 is 40.2 Å². The predicted octanol–water partition coefficient (Wildman–Crippen LogP) is 4.02. The summed E-state index contributed by atoms with van der Waals surface area (Å²) in [5.74, 6) is 0. The van der Waals surface area contributed by atoms with Gasteiger partial charge in [-0.1, -0.05) is 96.8 Å². The van der Waals surface area contributed by atoms with Gasteiger partial charge < -0.3 is 15.2 Å². The zero-order valence-corrected chi connectivity index (χ0v) is 22.6. The van der Waals surface area contributed by atoms with Crippen molar-refractivity contribution in [1.29, 1.82) is 0 Å². The molecule has 1 aromatic carbocycles. The van der Waals surface area contributed by atoms with Crippen molar-refractivity contribution in [3.63, 3.8) is 0 Å². The maximum atomic E-state index is 11.1. The molecule has 1 atom stereocenters. The van der Waals surface area contributed by atoms with Crippen LogP contribution in [0.3, 0.4) is 0 Å². The molecule has 0 aliphatic carbocycles. The summed E-state index contributed by atoms with van der Waals surface area (Å²) >= 11 is 0. The van der Waals surface area contributed by atoms with Crippen LogP contribution in [0.25, 0.3) is 0 Å². The molecule has 2 rings (SSSR count). The normalized spacial score (nSPS) is 15.1. The van der Waals surface area contributed by atoms with Gasteiger partial charge in [0.25, 0.3) is 0 Å². The summed E-state index contributed by atoms with van der Waals surface area (Å²) in [4.78, 5) is -0.178. The molecule has 0 aromatic heterocycles. The molecule has 0 radical (unpaired) electrons. The molecule has 0 saturated carbocycles. The third kappa shape index (κ3) is 12.0. The summed E-state index contributed by atoms with van der Waals surface area (Å²) in [5.41, 5.74) is 1.58. The first-order valence-corrected chi connectivity index (χ1v) is 13.5. The molecule has 1 heterocycles. The fourth-order valence-corrected chi connectivity index (χ4v) is 4.70. The fraction of sp³-hybridized carbons (Fsp3) is 0.750. The van der Waals surface area contributed by atoms with E-state index >= 15 is 0 Å². The standard InChI is InChI=1S/C24H42N2O3S.Na/c1-2-3-4-5-6-7-8-9-10-11-12-13-14-15-16-17-24-25-22-19-18-21(30(27,28)29)20-23(22)26-24;/h18-20,24-26H,2-17H2,1H3,(H,27,28,29);/q;+1/p-1. The quantitative estimate of drug-likeness (QED) is 0.208. The van der Waals surface area contributed by atoms with Crippen molar-refractivity contribution in [1.82, 2.24) is 0 Å². The first kappa shape index (κ1) is 28.8. The number of nitrogens with one attached hydrogen (secondary N) is 2. The molecule has 0 bridgehead atoms. The molecule has 0 saturated heterocycles. The molecule has 0 amide bonds. The molecule has 7 heteroatoms. The monoisotopic (exact) mass is 460 g/mol. The van der Waals surface area contributed by atoms with E-state index < -0.39 is 10.1 Å². The molecule has 5 nitrogen and oxygen atoms in total. The van der Waals surface area contributed by atoms with E-state index in [0.717, 1.165) is 18.5 Å². The molecule has 172 valence electrons. The third-order valence-corrected chi connectivity index (χ3v) is 6.87. The van der Waals surface area contributed by atoms with E-state index in [0.29, 0.717) is 5.69 Å². The van der Waals surface area contributed by atoms with Crippen LogP contribution in [-0.4, -0.2) is 19.1 Å². The van der Waals surface area contributed by atoms with Crippen LogP contribution in [0.5, 0.6) is 0 Å². The van der Waals surface area contributed by atoms with Gasteiger partial charge in [-0.15, -0.1) is 0 Å². The van der Waals surface area contributed by atoms with E-state index in [4.69, 9.17) is 0 Å². The van der Waals surface area contributed by atoms with Crippen molar-refractivity contribution in [3.8, 4) is 0 Å². The topological polar surface area (TPSA) is 81.3 Å². The number of hydrogen-bond donors (Lipinski definition) is 2. The van der Waals surface area contributed by atoms with Gasteiger partial charge >= 0.3 is 29.6 Å². The Morgan fingerprint density at radius 3 is 1.68 bits per heavy atom. The largest absolute Gasteiger partial charge is 1.00 e. The Balaban J connectivity index is 0.00000480. The van der Waals surface area contributed by atoms with E-state index in [1.54, 1.807) is 6.07 Å². The summed E-state index contributed by atoms with van der Waals surface area (Å²) in [6.45, 7) is 2.27. The van der Waals surface area contributed by atoms with Gasteiger partial charge in [-0.25, -0.2) is 8.42 Å². The second kappa shape index (κ2) is 16.4. The van der Waals surface area contributed by atoms with Crippen molar-refractivity contribution in [2.45, 2.75) is 121 Å². The second-order valence-corrected chi connectivity index (χ2v) is 10.1.